The molecule has 2 heteroatoms. The van der Waals surface area contributed by atoms with Crippen molar-refractivity contribution in [2.45, 2.75) is 32.8 Å². The van der Waals surface area contributed by atoms with Gasteiger partial charge in [-0.25, -0.2) is 0 Å². The zero-order valence-electron chi connectivity index (χ0n) is 8.05. The van der Waals surface area contributed by atoms with Gasteiger partial charge in [0.2, 0.25) is 0 Å². The summed E-state index contributed by atoms with van der Waals surface area (Å²) in [7, 11) is 0. The van der Waals surface area contributed by atoms with Crippen LogP contribution in [-0.4, -0.2) is 5.11 Å². The van der Waals surface area contributed by atoms with Crippen molar-refractivity contribution in [2.24, 2.45) is 0 Å². The maximum Gasteiger partial charge on any atom is 0.0792 e. The quantitative estimate of drug-likeness (QED) is 0.789. The highest BCUT2D eigenvalue weighted by Crippen LogP contribution is 2.24. The van der Waals surface area contributed by atoms with Crippen LogP contribution in [0.2, 0.25) is 5.02 Å². The van der Waals surface area contributed by atoms with Gasteiger partial charge in [0, 0.05) is 5.02 Å². The Morgan fingerprint density at radius 1 is 1.46 bits per heavy atom. The second kappa shape index (κ2) is 4.64. The monoisotopic (exact) mass is 198 g/mol. The number of halogens is 1. The summed E-state index contributed by atoms with van der Waals surface area (Å²) in [4.78, 5) is 0. The van der Waals surface area contributed by atoms with E-state index in [1.54, 1.807) is 0 Å². The molecule has 1 N–H and O–H groups in total. The molecule has 1 aromatic carbocycles. The first-order chi connectivity index (χ1) is 6.15. The predicted molar refractivity (Wildman–Crippen MR) is 56.1 cm³/mol. The number of aryl methyl sites for hydroxylation is 1. The molecular weight excluding hydrogens is 184 g/mol. The van der Waals surface area contributed by atoms with Crippen molar-refractivity contribution in [3.63, 3.8) is 0 Å². The molecular formula is C11H15ClO. The molecule has 0 aliphatic rings. The molecule has 0 heterocycles. The van der Waals surface area contributed by atoms with Gasteiger partial charge in [-0.3, -0.25) is 0 Å². The summed E-state index contributed by atoms with van der Waals surface area (Å²) in [6.45, 7) is 4.04. The summed E-state index contributed by atoms with van der Waals surface area (Å²) in [6, 6.07) is 5.61. The summed E-state index contributed by atoms with van der Waals surface area (Å²) < 4.78 is 0. The first-order valence-corrected chi connectivity index (χ1v) is 4.97. The number of rotatable bonds is 3. The van der Waals surface area contributed by atoms with Gasteiger partial charge in [0.25, 0.3) is 0 Å². The number of hydrogen-bond donors (Lipinski definition) is 1. The second-order valence-corrected chi connectivity index (χ2v) is 3.74. The van der Waals surface area contributed by atoms with Crippen LogP contribution >= 0.6 is 11.6 Å². The Morgan fingerprint density at radius 2 is 2.15 bits per heavy atom. The Kier molecular flexibility index (Phi) is 3.76. The molecule has 0 radical (unpaired) electrons. The van der Waals surface area contributed by atoms with Crippen LogP contribution in [0.5, 0.6) is 0 Å². The standard InChI is InChI=1S/C11H15ClO/c1-3-4-11(13)10-6-5-9(12)7-8(10)2/h5-7,11,13H,3-4H2,1-2H3/t11-/m0/s1. The Labute approximate surface area is 84.4 Å². The molecule has 0 fully saturated rings. The molecule has 72 valence electrons. The van der Waals surface area contributed by atoms with Crippen molar-refractivity contribution in [3.8, 4) is 0 Å². The lowest BCUT2D eigenvalue weighted by atomic mass is 10.0. The van der Waals surface area contributed by atoms with E-state index >= 15 is 0 Å². The Balaban J connectivity index is 2.88. The van der Waals surface area contributed by atoms with Gasteiger partial charge in [-0.2, -0.15) is 0 Å². The minimum Gasteiger partial charge on any atom is -0.388 e. The molecule has 1 aromatic rings. The smallest absolute Gasteiger partial charge is 0.0792 e. The van der Waals surface area contributed by atoms with Crippen molar-refractivity contribution >= 4 is 11.6 Å². The minimum absolute atomic E-state index is 0.345. The zero-order valence-corrected chi connectivity index (χ0v) is 8.80. The molecule has 0 spiro atoms. The molecule has 0 unspecified atom stereocenters. The van der Waals surface area contributed by atoms with Crippen LogP contribution in [0.4, 0.5) is 0 Å². The third kappa shape index (κ3) is 2.71. The van der Waals surface area contributed by atoms with Gasteiger partial charge in [0.15, 0.2) is 0 Å². The summed E-state index contributed by atoms with van der Waals surface area (Å²) >= 11 is 5.82. The third-order valence-electron chi connectivity index (χ3n) is 2.15. The number of benzene rings is 1. The van der Waals surface area contributed by atoms with Crippen LogP contribution in [0.3, 0.4) is 0 Å². The van der Waals surface area contributed by atoms with Crippen molar-refractivity contribution in [1.29, 1.82) is 0 Å². The predicted octanol–water partition coefficient (Wildman–Crippen LogP) is 3.48. The van der Waals surface area contributed by atoms with Gasteiger partial charge in [0.1, 0.15) is 0 Å². The average Bonchev–Trinajstić information content (AvgIpc) is 2.04. The molecule has 1 atom stereocenters. The zero-order chi connectivity index (χ0) is 9.84. The minimum atomic E-state index is -0.345. The van der Waals surface area contributed by atoms with Crippen LogP contribution in [0.1, 0.15) is 37.0 Å². The van der Waals surface area contributed by atoms with E-state index in [2.05, 4.69) is 6.92 Å². The van der Waals surface area contributed by atoms with E-state index in [9.17, 15) is 5.11 Å². The largest absolute Gasteiger partial charge is 0.388 e. The van der Waals surface area contributed by atoms with Gasteiger partial charge in [-0.15, -0.1) is 0 Å². The maximum atomic E-state index is 9.75. The van der Waals surface area contributed by atoms with Crippen LogP contribution in [0, 0.1) is 6.92 Å². The normalized spacial score (nSPS) is 12.9. The summed E-state index contributed by atoms with van der Waals surface area (Å²) in [5.74, 6) is 0. The van der Waals surface area contributed by atoms with Crippen molar-refractivity contribution in [3.05, 3.63) is 34.3 Å². The lowest BCUT2D eigenvalue weighted by Crippen LogP contribution is -1.99. The van der Waals surface area contributed by atoms with Gasteiger partial charge < -0.3 is 5.11 Å². The van der Waals surface area contributed by atoms with E-state index in [4.69, 9.17) is 11.6 Å². The number of hydrogen-bond acceptors (Lipinski definition) is 1. The number of aliphatic hydroxyl groups excluding tert-OH is 1. The molecule has 1 rings (SSSR count). The van der Waals surface area contributed by atoms with Gasteiger partial charge in [-0.1, -0.05) is 31.0 Å². The highest BCUT2D eigenvalue weighted by Gasteiger charge is 2.08. The van der Waals surface area contributed by atoms with Crippen molar-refractivity contribution < 1.29 is 5.11 Å². The maximum absolute atomic E-state index is 9.75. The molecule has 1 nitrogen and oxygen atoms in total. The lowest BCUT2D eigenvalue weighted by Gasteiger charge is -2.12. The molecule has 0 amide bonds. The summed E-state index contributed by atoms with van der Waals surface area (Å²) in [6.07, 6.45) is 1.45. The van der Waals surface area contributed by atoms with E-state index in [-0.39, 0.29) is 6.10 Å². The third-order valence-corrected chi connectivity index (χ3v) is 2.39. The Hall–Kier alpha value is -0.530. The van der Waals surface area contributed by atoms with Crippen LogP contribution in [-0.2, 0) is 0 Å². The van der Waals surface area contributed by atoms with E-state index in [1.807, 2.05) is 25.1 Å². The van der Waals surface area contributed by atoms with Crippen molar-refractivity contribution in [2.75, 3.05) is 0 Å². The topological polar surface area (TPSA) is 20.2 Å². The number of aliphatic hydroxyl groups is 1. The van der Waals surface area contributed by atoms with Gasteiger partial charge in [0.05, 0.1) is 6.10 Å². The average molecular weight is 199 g/mol. The SMILES string of the molecule is CCC[C@H](O)c1ccc(Cl)cc1C. The lowest BCUT2D eigenvalue weighted by molar-refractivity contribution is 0.166. The fraction of sp³-hybridized carbons (Fsp3) is 0.455. The Bertz CT molecular complexity index is 283. The highest BCUT2D eigenvalue weighted by molar-refractivity contribution is 6.30. The molecule has 0 saturated heterocycles. The summed E-state index contributed by atoms with van der Waals surface area (Å²) in [5, 5.41) is 10.5. The first-order valence-electron chi connectivity index (χ1n) is 4.59. The van der Waals surface area contributed by atoms with Crippen molar-refractivity contribution in [1.82, 2.24) is 0 Å². The van der Waals surface area contributed by atoms with E-state index in [0.717, 1.165) is 29.0 Å². The van der Waals surface area contributed by atoms with Crippen LogP contribution < -0.4 is 0 Å². The molecule has 0 bridgehead atoms. The van der Waals surface area contributed by atoms with E-state index in [0.29, 0.717) is 0 Å². The fourth-order valence-corrected chi connectivity index (χ4v) is 1.67. The molecule has 0 aromatic heterocycles. The first kappa shape index (κ1) is 10.6. The molecule has 0 aliphatic carbocycles. The highest BCUT2D eigenvalue weighted by atomic mass is 35.5. The Morgan fingerprint density at radius 3 is 2.69 bits per heavy atom. The summed E-state index contributed by atoms with van der Waals surface area (Å²) in [5.41, 5.74) is 2.06. The second-order valence-electron chi connectivity index (χ2n) is 3.31. The molecule has 0 saturated carbocycles. The van der Waals surface area contributed by atoms with Gasteiger partial charge in [-0.05, 0) is 36.6 Å². The van der Waals surface area contributed by atoms with E-state index in [1.165, 1.54) is 0 Å². The van der Waals surface area contributed by atoms with E-state index < -0.39 is 0 Å². The van der Waals surface area contributed by atoms with Crippen LogP contribution in [0.25, 0.3) is 0 Å². The van der Waals surface area contributed by atoms with Crippen LogP contribution in [0.15, 0.2) is 18.2 Å². The van der Waals surface area contributed by atoms with Gasteiger partial charge >= 0.3 is 0 Å². The molecule has 0 aliphatic heterocycles. The molecule has 13 heavy (non-hydrogen) atoms. The fourth-order valence-electron chi connectivity index (χ4n) is 1.44.